The van der Waals surface area contributed by atoms with E-state index in [2.05, 4.69) is 12.2 Å². The lowest BCUT2D eigenvalue weighted by Crippen LogP contribution is -2.59. The second-order valence-electron chi connectivity index (χ2n) is 7.59. The van der Waals surface area contributed by atoms with Crippen molar-refractivity contribution in [3.05, 3.63) is 0 Å². The molecular weight excluding hydrogens is 424 g/mol. The van der Waals surface area contributed by atoms with Crippen LogP contribution in [-0.4, -0.2) is 74.2 Å². The number of hydrogen-bond donors (Lipinski definition) is 2. The van der Waals surface area contributed by atoms with E-state index in [1.165, 1.54) is 19.3 Å². The molecule has 176 valence electrons. The van der Waals surface area contributed by atoms with E-state index in [0.29, 0.717) is 12.6 Å². The zero-order valence-corrected chi connectivity index (χ0v) is 22.8. The zero-order chi connectivity index (χ0) is 22.2. The SMILES string of the molecule is CCCCCCC[Si](OC)(OC)O[Si](C)(C)O[Si](CCCNCCN)(OC)OC. The molecule has 0 heterocycles. The third-order valence-corrected chi connectivity index (χ3v) is 15.6. The van der Waals surface area contributed by atoms with E-state index < -0.39 is 26.2 Å². The number of nitrogens with one attached hydrogen (secondary N) is 1. The molecule has 29 heavy (non-hydrogen) atoms. The standard InChI is InChI=1S/C18H46N2O6Si3/c1-8-9-10-11-12-17-28(21-2,22-3)25-27(6,7)26-29(23-4,24-5)18-13-15-20-16-14-19/h20H,8-19H2,1-7H3. The second kappa shape index (κ2) is 16.0. The fraction of sp³-hybridized carbons (Fsp3) is 1.00. The highest BCUT2D eigenvalue weighted by atomic mass is 28.5. The van der Waals surface area contributed by atoms with E-state index in [4.69, 9.17) is 31.7 Å². The van der Waals surface area contributed by atoms with Gasteiger partial charge in [0.1, 0.15) is 0 Å². The molecule has 0 aromatic heterocycles. The van der Waals surface area contributed by atoms with Gasteiger partial charge < -0.3 is 37.0 Å². The molecule has 0 radical (unpaired) electrons. The monoisotopic (exact) mass is 470 g/mol. The molecule has 0 aliphatic heterocycles. The summed E-state index contributed by atoms with van der Waals surface area (Å²) in [6.45, 7) is 8.51. The van der Waals surface area contributed by atoms with Gasteiger partial charge in [-0.25, -0.2) is 0 Å². The Labute approximate surface area is 182 Å². The number of unbranched alkanes of at least 4 members (excludes halogenated alkanes) is 4. The van der Waals surface area contributed by atoms with Gasteiger partial charge in [0.15, 0.2) is 0 Å². The molecule has 0 atom stereocenters. The van der Waals surface area contributed by atoms with Crippen LogP contribution in [0.15, 0.2) is 0 Å². The van der Waals surface area contributed by atoms with Crippen molar-refractivity contribution in [2.75, 3.05) is 48.1 Å². The van der Waals surface area contributed by atoms with Crippen molar-refractivity contribution in [1.29, 1.82) is 0 Å². The fourth-order valence-electron chi connectivity index (χ4n) is 3.22. The Morgan fingerprint density at radius 3 is 1.62 bits per heavy atom. The minimum absolute atomic E-state index is 0.626. The van der Waals surface area contributed by atoms with Crippen LogP contribution in [0.1, 0.15) is 45.4 Å². The summed E-state index contributed by atoms with van der Waals surface area (Å²) in [7, 11) is -1.60. The Bertz CT molecular complexity index is 366. The molecule has 0 saturated carbocycles. The molecule has 0 spiro atoms. The normalized spacial score (nSPS) is 13.2. The topological polar surface area (TPSA) is 93.4 Å². The maximum atomic E-state index is 6.49. The molecule has 0 fully saturated rings. The third-order valence-electron chi connectivity index (χ3n) is 4.79. The maximum absolute atomic E-state index is 6.49. The molecule has 0 amide bonds. The van der Waals surface area contributed by atoms with Crippen LogP contribution < -0.4 is 11.1 Å². The molecule has 0 aliphatic rings. The van der Waals surface area contributed by atoms with Crippen molar-refractivity contribution >= 4 is 26.2 Å². The van der Waals surface area contributed by atoms with Gasteiger partial charge in [0, 0.05) is 53.6 Å². The van der Waals surface area contributed by atoms with E-state index >= 15 is 0 Å². The van der Waals surface area contributed by atoms with Crippen LogP contribution in [0.3, 0.4) is 0 Å². The van der Waals surface area contributed by atoms with Gasteiger partial charge in [-0.3, -0.25) is 0 Å². The molecular formula is C18H46N2O6Si3. The lowest BCUT2D eigenvalue weighted by molar-refractivity contribution is 0.115. The fourth-order valence-corrected chi connectivity index (χ4v) is 14.3. The van der Waals surface area contributed by atoms with Crippen LogP contribution >= 0.6 is 0 Å². The van der Waals surface area contributed by atoms with Gasteiger partial charge in [-0.05, 0) is 32.5 Å². The molecule has 0 aliphatic carbocycles. The van der Waals surface area contributed by atoms with Crippen LogP contribution in [0.4, 0.5) is 0 Å². The van der Waals surface area contributed by atoms with Gasteiger partial charge in [0.2, 0.25) is 0 Å². The average molecular weight is 471 g/mol. The lowest BCUT2D eigenvalue weighted by atomic mass is 10.2. The van der Waals surface area contributed by atoms with Crippen molar-refractivity contribution in [2.24, 2.45) is 5.73 Å². The van der Waals surface area contributed by atoms with E-state index in [1.807, 2.05) is 13.1 Å². The van der Waals surface area contributed by atoms with Gasteiger partial charge in [-0.1, -0.05) is 32.6 Å². The predicted octanol–water partition coefficient (Wildman–Crippen LogP) is 3.09. The van der Waals surface area contributed by atoms with Crippen molar-refractivity contribution in [2.45, 2.75) is 70.6 Å². The van der Waals surface area contributed by atoms with Crippen LogP contribution in [-0.2, 0) is 25.9 Å². The molecule has 3 N–H and O–H groups in total. The molecule has 0 unspecified atom stereocenters. The van der Waals surface area contributed by atoms with Crippen LogP contribution in [0.5, 0.6) is 0 Å². The Hall–Kier alpha value is 0.331. The van der Waals surface area contributed by atoms with E-state index in [1.54, 1.807) is 28.4 Å². The highest BCUT2D eigenvalue weighted by Gasteiger charge is 2.51. The Kier molecular flexibility index (Phi) is 16.2. The van der Waals surface area contributed by atoms with Crippen molar-refractivity contribution in [3.8, 4) is 0 Å². The van der Waals surface area contributed by atoms with Crippen molar-refractivity contribution < 1.29 is 25.9 Å². The largest absolute Gasteiger partial charge is 0.491 e. The van der Waals surface area contributed by atoms with Gasteiger partial charge >= 0.3 is 26.2 Å². The van der Waals surface area contributed by atoms with Gasteiger partial charge in [0.05, 0.1) is 0 Å². The van der Waals surface area contributed by atoms with Crippen molar-refractivity contribution in [1.82, 2.24) is 5.32 Å². The summed E-state index contributed by atoms with van der Waals surface area (Å²) in [6, 6.07) is 1.50. The van der Waals surface area contributed by atoms with Gasteiger partial charge in [-0.15, -0.1) is 0 Å². The maximum Gasteiger partial charge on any atom is 0.491 e. The first-order chi connectivity index (χ1) is 13.8. The summed E-state index contributed by atoms with van der Waals surface area (Å²) in [5, 5.41) is 3.29. The third kappa shape index (κ3) is 12.1. The highest BCUT2D eigenvalue weighted by molar-refractivity contribution is 6.82. The lowest BCUT2D eigenvalue weighted by Gasteiger charge is -2.39. The summed E-state index contributed by atoms with van der Waals surface area (Å²) < 4.78 is 36.1. The number of rotatable bonds is 20. The molecule has 11 heteroatoms. The molecule has 8 nitrogen and oxygen atoms in total. The summed E-state index contributed by atoms with van der Waals surface area (Å²) in [5.74, 6) is 0. The first-order valence-corrected chi connectivity index (χ1v) is 17.5. The Balaban J connectivity index is 4.93. The summed E-state index contributed by atoms with van der Waals surface area (Å²) >= 11 is 0. The van der Waals surface area contributed by atoms with Gasteiger partial charge in [-0.2, -0.15) is 0 Å². The first kappa shape index (κ1) is 29.3. The summed E-state index contributed by atoms with van der Waals surface area (Å²) in [4.78, 5) is 0. The summed E-state index contributed by atoms with van der Waals surface area (Å²) in [6.07, 6.45) is 6.78. The van der Waals surface area contributed by atoms with Crippen LogP contribution in [0.25, 0.3) is 0 Å². The average Bonchev–Trinajstić information content (AvgIpc) is 2.71. The molecule has 0 bridgehead atoms. The van der Waals surface area contributed by atoms with E-state index in [0.717, 1.165) is 38.4 Å². The summed E-state index contributed by atoms with van der Waals surface area (Å²) in [5.41, 5.74) is 5.52. The quantitative estimate of drug-likeness (QED) is 0.207. The smallest absolute Gasteiger partial charge is 0.394 e. The molecule has 0 aromatic rings. The highest BCUT2D eigenvalue weighted by Crippen LogP contribution is 2.28. The van der Waals surface area contributed by atoms with Crippen LogP contribution in [0.2, 0.25) is 25.2 Å². The Morgan fingerprint density at radius 2 is 1.17 bits per heavy atom. The number of hydrogen-bond acceptors (Lipinski definition) is 8. The molecule has 0 rings (SSSR count). The predicted molar refractivity (Wildman–Crippen MR) is 124 cm³/mol. The van der Waals surface area contributed by atoms with E-state index in [-0.39, 0.29) is 0 Å². The zero-order valence-electron chi connectivity index (χ0n) is 19.8. The minimum atomic E-state index is -2.84. The van der Waals surface area contributed by atoms with Gasteiger partial charge in [0.25, 0.3) is 0 Å². The molecule has 0 saturated heterocycles. The van der Waals surface area contributed by atoms with E-state index in [9.17, 15) is 0 Å². The second-order valence-corrected chi connectivity index (χ2v) is 17.4. The first-order valence-electron chi connectivity index (χ1n) is 10.8. The van der Waals surface area contributed by atoms with Crippen molar-refractivity contribution in [3.63, 3.8) is 0 Å². The minimum Gasteiger partial charge on any atom is -0.394 e. The molecule has 0 aromatic carbocycles. The van der Waals surface area contributed by atoms with Crippen LogP contribution in [0, 0.1) is 0 Å². The Morgan fingerprint density at radius 1 is 0.690 bits per heavy atom. The number of nitrogens with two attached hydrogens (primary N) is 1.